The first kappa shape index (κ1) is 18.8. The minimum atomic E-state index is -1.67. The molecule has 10 nitrogen and oxygen atoms in total. The molecule has 1 heterocycles. The molecule has 23 heavy (non-hydrogen) atoms. The van der Waals surface area contributed by atoms with Crippen LogP contribution in [0.15, 0.2) is 0 Å². The summed E-state index contributed by atoms with van der Waals surface area (Å²) in [5, 5.41) is 9.89. The molecule has 1 fully saturated rings. The Bertz CT molecular complexity index is 462. The Labute approximate surface area is 131 Å². The molecule has 1 N–H and O–H groups in total. The molecular weight excluding hydrogens is 316 g/mol. The van der Waals surface area contributed by atoms with E-state index < -0.39 is 48.6 Å². The van der Waals surface area contributed by atoms with Gasteiger partial charge in [-0.15, -0.1) is 0 Å². The summed E-state index contributed by atoms with van der Waals surface area (Å²) in [6, 6.07) is 0. The second kappa shape index (κ2) is 8.44. The smallest absolute Gasteiger partial charge is 0.303 e. The van der Waals surface area contributed by atoms with Crippen LogP contribution >= 0.6 is 0 Å². The Morgan fingerprint density at radius 3 is 2.04 bits per heavy atom. The average molecular weight is 334 g/mol. The Morgan fingerprint density at radius 2 is 1.57 bits per heavy atom. The first-order valence-electron chi connectivity index (χ1n) is 6.66. The fourth-order valence-electron chi connectivity index (χ4n) is 2.10. The predicted octanol–water partition coefficient (Wildman–Crippen LogP) is -1.33. The van der Waals surface area contributed by atoms with Gasteiger partial charge in [0.15, 0.2) is 24.6 Å². The van der Waals surface area contributed by atoms with E-state index in [1.807, 2.05) is 0 Å². The molecule has 0 amide bonds. The lowest BCUT2D eigenvalue weighted by Gasteiger charge is -2.42. The van der Waals surface area contributed by atoms with E-state index in [1.165, 1.54) is 0 Å². The zero-order valence-corrected chi connectivity index (χ0v) is 12.8. The lowest BCUT2D eigenvalue weighted by molar-refractivity contribution is -0.294. The minimum Gasteiger partial charge on any atom is -0.463 e. The van der Waals surface area contributed by atoms with Gasteiger partial charge in [-0.2, -0.15) is 0 Å². The van der Waals surface area contributed by atoms with Crippen molar-refractivity contribution in [3.63, 3.8) is 0 Å². The maximum Gasteiger partial charge on any atom is 0.303 e. The van der Waals surface area contributed by atoms with Crippen molar-refractivity contribution in [3.05, 3.63) is 0 Å². The maximum atomic E-state index is 11.3. The third kappa shape index (κ3) is 5.49. The van der Waals surface area contributed by atoms with Crippen LogP contribution in [-0.4, -0.2) is 66.8 Å². The number of rotatable bonds is 6. The van der Waals surface area contributed by atoms with Crippen LogP contribution in [-0.2, 0) is 42.9 Å². The highest BCUT2D eigenvalue weighted by Crippen LogP contribution is 2.27. The molecule has 1 aliphatic rings. The Hall–Kier alpha value is -2.20. The first-order chi connectivity index (χ1) is 10.8. The summed E-state index contributed by atoms with van der Waals surface area (Å²) in [5.41, 5.74) is 0. The molecule has 1 unspecified atom stereocenters. The van der Waals surface area contributed by atoms with E-state index in [9.17, 15) is 24.3 Å². The third-order valence-electron chi connectivity index (χ3n) is 2.88. The van der Waals surface area contributed by atoms with Crippen molar-refractivity contribution >= 4 is 24.4 Å². The van der Waals surface area contributed by atoms with Gasteiger partial charge < -0.3 is 28.8 Å². The van der Waals surface area contributed by atoms with Crippen LogP contribution in [0, 0.1) is 0 Å². The van der Waals surface area contributed by atoms with Gasteiger partial charge in [0, 0.05) is 20.8 Å². The number of carbonyl (C=O) groups is 4. The van der Waals surface area contributed by atoms with Crippen molar-refractivity contribution in [2.24, 2.45) is 0 Å². The molecule has 1 rings (SSSR count). The number of esters is 3. The van der Waals surface area contributed by atoms with Crippen LogP contribution in [0.25, 0.3) is 0 Å². The molecule has 1 aliphatic heterocycles. The molecule has 0 spiro atoms. The van der Waals surface area contributed by atoms with Gasteiger partial charge in [0.25, 0.3) is 6.47 Å². The van der Waals surface area contributed by atoms with Gasteiger partial charge in [-0.05, 0) is 0 Å². The van der Waals surface area contributed by atoms with E-state index in [4.69, 9.17) is 18.9 Å². The highest BCUT2D eigenvalue weighted by Gasteiger charge is 2.51. The molecule has 0 aromatic carbocycles. The average Bonchev–Trinajstić information content (AvgIpc) is 2.42. The van der Waals surface area contributed by atoms with Gasteiger partial charge in [-0.1, -0.05) is 0 Å². The quantitative estimate of drug-likeness (QED) is 0.353. The van der Waals surface area contributed by atoms with Crippen molar-refractivity contribution < 1.29 is 48.0 Å². The van der Waals surface area contributed by atoms with Crippen LogP contribution in [0.1, 0.15) is 20.8 Å². The zero-order chi connectivity index (χ0) is 17.6. The van der Waals surface area contributed by atoms with Crippen molar-refractivity contribution in [1.29, 1.82) is 0 Å². The van der Waals surface area contributed by atoms with E-state index >= 15 is 0 Å². The fraction of sp³-hybridized carbons (Fsp3) is 0.692. The van der Waals surface area contributed by atoms with E-state index in [2.05, 4.69) is 4.74 Å². The summed E-state index contributed by atoms with van der Waals surface area (Å²) in [6.07, 6.45) is -6.77. The number of aliphatic hydroxyl groups excluding tert-OH is 1. The van der Waals surface area contributed by atoms with E-state index in [1.54, 1.807) is 0 Å². The largest absolute Gasteiger partial charge is 0.463 e. The summed E-state index contributed by atoms with van der Waals surface area (Å²) < 4.78 is 24.6. The van der Waals surface area contributed by atoms with Gasteiger partial charge in [-0.25, -0.2) is 0 Å². The number of ether oxygens (including phenoxy) is 5. The van der Waals surface area contributed by atoms with Crippen molar-refractivity contribution in [2.75, 3.05) is 6.61 Å². The molecule has 0 radical (unpaired) electrons. The van der Waals surface area contributed by atoms with E-state index in [-0.39, 0.29) is 13.1 Å². The number of aliphatic hydroxyl groups is 1. The number of hydrogen-bond donors (Lipinski definition) is 1. The summed E-state index contributed by atoms with van der Waals surface area (Å²) >= 11 is 0. The second-order valence-electron chi connectivity index (χ2n) is 4.71. The molecular formula is C13H18O10. The standard InChI is InChI=1S/C13H18O10/c1-6(15)19-4-9-10(21-7(2)16)11(22-8(3)17)12(20-5-14)13(18)23-9/h5,9-13,18H,4H2,1-3H3/t9-,10-,11+,12-,13?/m1/s1. The van der Waals surface area contributed by atoms with Gasteiger partial charge in [-0.3, -0.25) is 19.2 Å². The summed E-state index contributed by atoms with van der Waals surface area (Å²) in [5.74, 6) is -2.11. The van der Waals surface area contributed by atoms with E-state index in [0.29, 0.717) is 0 Å². The maximum absolute atomic E-state index is 11.3. The molecule has 0 aromatic rings. The predicted molar refractivity (Wildman–Crippen MR) is 69.6 cm³/mol. The van der Waals surface area contributed by atoms with Crippen LogP contribution < -0.4 is 0 Å². The van der Waals surface area contributed by atoms with E-state index in [0.717, 1.165) is 20.8 Å². The van der Waals surface area contributed by atoms with Crippen LogP contribution in [0.5, 0.6) is 0 Å². The van der Waals surface area contributed by atoms with Crippen molar-refractivity contribution in [1.82, 2.24) is 0 Å². The summed E-state index contributed by atoms with van der Waals surface area (Å²) in [4.78, 5) is 44.0. The lowest BCUT2D eigenvalue weighted by Crippen LogP contribution is -2.62. The molecule has 0 aromatic heterocycles. The van der Waals surface area contributed by atoms with Crippen LogP contribution in [0.3, 0.4) is 0 Å². The highest BCUT2D eigenvalue weighted by molar-refractivity contribution is 5.68. The fourth-order valence-corrected chi connectivity index (χ4v) is 2.10. The summed E-state index contributed by atoms with van der Waals surface area (Å²) in [6.45, 7) is 3.02. The van der Waals surface area contributed by atoms with Crippen LogP contribution in [0.4, 0.5) is 0 Å². The van der Waals surface area contributed by atoms with Crippen LogP contribution in [0.2, 0.25) is 0 Å². The Morgan fingerprint density at radius 1 is 1.00 bits per heavy atom. The zero-order valence-electron chi connectivity index (χ0n) is 12.8. The SMILES string of the molecule is CC(=O)OC[C@H]1OC(O)[C@H](OC=O)[C@@H](OC(C)=O)[C@@H]1OC(C)=O. The molecule has 0 bridgehead atoms. The van der Waals surface area contributed by atoms with Gasteiger partial charge >= 0.3 is 17.9 Å². The highest BCUT2D eigenvalue weighted by atomic mass is 16.7. The number of carbonyl (C=O) groups excluding carboxylic acids is 4. The Balaban J connectivity index is 3.06. The van der Waals surface area contributed by atoms with Gasteiger partial charge in [0.1, 0.15) is 12.7 Å². The topological polar surface area (TPSA) is 135 Å². The molecule has 0 aliphatic carbocycles. The Kier molecular flexibility index (Phi) is 6.91. The first-order valence-corrected chi connectivity index (χ1v) is 6.66. The third-order valence-corrected chi connectivity index (χ3v) is 2.88. The molecule has 10 heteroatoms. The second-order valence-corrected chi connectivity index (χ2v) is 4.71. The van der Waals surface area contributed by atoms with Gasteiger partial charge in [0.2, 0.25) is 0 Å². The number of hydrogen-bond acceptors (Lipinski definition) is 10. The normalized spacial score (nSPS) is 30.0. The molecule has 0 saturated carbocycles. The molecule has 5 atom stereocenters. The van der Waals surface area contributed by atoms with Crippen molar-refractivity contribution in [2.45, 2.75) is 51.5 Å². The molecule has 130 valence electrons. The lowest BCUT2D eigenvalue weighted by atomic mass is 9.98. The van der Waals surface area contributed by atoms with Crippen molar-refractivity contribution in [3.8, 4) is 0 Å². The summed E-state index contributed by atoms with van der Waals surface area (Å²) in [7, 11) is 0. The van der Waals surface area contributed by atoms with Gasteiger partial charge in [0.05, 0.1) is 0 Å². The monoisotopic (exact) mass is 334 g/mol. The molecule has 1 saturated heterocycles. The minimum absolute atomic E-state index is 0.0327.